The van der Waals surface area contributed by atoms with Crippen LogP contribution in [0, 0.1) is 0 Å². The van der Waals surface area contributed by atoms with Gasteiger partial charge in [0, 0.05) is 32.2 Å². The fourth-order valence-electron chi connectivity index (χ4n) is 3.69. The predicted molar refractivity (Wildman–Crippen MR) is 103 cm³/mol. The Morgan fingerprint density at radius 2 is 1.88 bits per heavy atom. The van der Waals surface area contributed by atoms with E-state index in [1.807, 2.05) is 0 Å². The maximum Gasteiger partial charge on any atom is 0.188 e. The Morgan fingerprint density at radius 3 is 2.54 bits per heavy atom. The zero-order valence-corrected chi connectivity index (χ0v) is 15.8. The molecule has 0 bridgehead atoms. The van der Waals surface area contributed by atoms with E-state index >= 15 is 0 Å². The van der Waals surface area contributed by atoms with Gasteiger partial charge in [-0.05, 0) is 42.3 Å². The topological polar surface area (TPSA) is 57.0 Å². The van der Waals surface area contributed by atoms with Crippen molar-refractivity contribution >= 4 is 0 Å². The van der Waals surface area contributed by atoms with Gasteiger partial charge in [0.05, 0.1) is 7.11 Å². The number of nitrogens with zero attached hydrogens (tertiary/aromatic N) is 1. The molecule has 1 heterocycles. The molecule has 0 aliphatic carbocycles. The average Bonchev–Trinajstić information content (AvgIpc) is 2.82. The summed E-state index contributed by atoms with van der Waals surface area (Å²) in [6, 6.07) is 15.1. The molecule has 140 valence electrons. The van der Waals surface area contributed by atoms with E-state index in [-0.39, 0.29) is 12.7 Å². The van der Waals surface area contributed by atoms with E-state index in [1.165, 1.54) is 16.7 Å². The van der Waals surface area contributed by atoms with Crippen molar-refractivity contribution in [2.24, 2.45) is 5.73 Å². The largest absolute Gasteiger partial charge is 0.493 e. The summed E-state index contributed by atoms with van der Waals surface area (Å²) in [5, 5.41) is 0. The van der Waals surface area contributed by atoms with E-state index in [0.29, 0.717) is 18.3 Å². The molecule has 3 rings (SSSR count). The van der Waals surface area contributed by atoms with Gasteiger partial charge in [-0.3, -0.25) is 0 Å². The minimum Gasteiger partial charge on any atom is -0.493 e. The number of ether oxygens (including phenoxy) is 3. The quantitative estimate of drug-likeness (QED) is 0.807. The fraction of sp³-hybridized carbons (Fsp3) is 0.429. The summed E-state index contributed by atoms with van der Waals surface area (Å²) in [5.41, 5.74) is 9.88. The summed E-state index contributed by atoms with van der Waals surface area (Å²) < 4.78 is 16.4. The van der Waals surface area contributed by atoms with Crippen LogP contribution in [-0.2, 0) is 11.2 Å². The molecule has 0 saturated heterocycles. The molecule has 0 aromatic heterocycles. The SMILES string of the molecule is COCOc1cc2c(cc1OC)C[C@@H](CN)N(C)C[C@@H]2c1ccccc1. The highest BCUT2D eigenvalue weighted by Crippen LogP contribution is 2.39. The Bertz CT molecular complexity index is 721. The molecule has 5 nitrogen and oxygen atoms in total. The van der Waals surface area contributed by atoms with Crippen LogP contribution in [0.5, 0.6) is 11.5 Å². The third kappa shape index (κ3) is 3.85. The first-order chi connectivity index (χ1) is 12.7. The van der Waals surface area contributed by atoms with Crippen LogP contribution in [0.4, 0.5) is 0 Å². The number of likely N-dealkylation sites (N-methyl/N-ethyl adjacent to an activating group) is 1. The van der Waals surface area contributed by atoms with Crippen molar-refractivity contribution in [3.63, 3.8) is 0 Å². The van der Waals surface area contributed by atoms with Crippen LogP contribution < -0.4 is 15.2 Å². The van der Waals surface area contributed by atoms with E-state index in [4.69, 9.17) is 19.9 Å². The van der Waals surface area contributed by atoms with Crippen molar-refractivity contribution in [1.29, 1.82) is 0 Å². The van der Waals surface area contributed by atoms with Gasteiger partial charge < -0.3 is 24.8 Å². The number of rotatable bonds is 6. The molecular weight excluding hydrogens is 328 g/mol. The number of hydrogen-bond acceptors (Lipinski definition) is 5. The Balaban J connectivity index is 2.10. The molecule has 2 N–H and O–H groups in total. The van der Waals surface area contributed by atoms with E-state index in [0.717, 1.165) is 18.7 Å². The zero-order chi connectivity index (χ0) is 18.5. The van der Waals surface area contributed by atoms with Crippen LogP contribution in [-0.4, -0.2) is 52.1 Å². The minimum absolute atomic E-state index is 0.191. The first kappa shape index (κ1) is 18.7. The molecule has 0 amide bonds. The number of benzene rings is 2. The second-order valence-corrected chi connectivity index (χ2v) is 6.75. The molecule has 26 heavy (non-hydrogen) atoms. The lowest BCUT2D eigenvalue weighted by Crippen LogP contribution is -2.39. The Morgan fingerprint density at radius 1 is 1.12 bits per heavy atom. The van der Waals surface area contributed by atoms with E-state index in [1.54, 1.807) is 14.2 Å². The number of methoxy groups -OCH3 is 2. The average molecular weight is 356 g/mol. The van der Waals surface area contributed by atoms with Crippen molar-refractivity contribution in [2.45, 2.75) is 18.4 Å². The molecule has 1 aliphatic heterocycles. The second kappa shape index (κ2) is 8.54. The van der Waals surface area contributed by atoms with Crippen molar-refractivity contribution in [1.82, 2.24) is 4.90 Å². The van der Waals surface area contributed by atoms with Gasteiger partial charge in [-0.15, -0.1) is 0 Å². The summed E-state index contributed by atoms with van der Waals surface area (Å²) in [6.07, 6.45) is 0.895. The fourth-order valence-corrected chi connectivity index (χ4v) is 3.69. The molecule has 2 atom stereocenters. The summed E-state index contributed by atoms with van der Waals surface area (Å²) in [7, 11) is 5.43. The molecule has 0 radical (unpaired) electrons. The van der Waals surface area contributed by atoms with Crippen LogP contribution in [0.2, 0.25) is 0 Å². The van der Waals surface area contributed by atoms with Gasteiger partial charge in [-0.2, -0.15) is 0 Å². The third-order valence-corrected chi connectivity index (χ3v) is 5.16. The number of nitrogens with two attached hydrogens (primary N) is 1. The van der Waals surface area contributed by atoms with Crippen LogP contribution in [0.3, 0.4) is 0 Å². The highest BCUT2D eigenvalue weighted by molar-refractivity contribution is 5.51. The first-order valence-electron chi connectivity index (χ1n) is 8.95. The Kier molecular flexibility index (Phi) is 6.14. The van der Waals surface area contributed by atoms with Crippen molar-refractivity contribution < 1.29 is 14.2 Å². The maximum absolute atomic E-state index is 6.06. The molecule has 0 spiro atoms. The van der Waals surface area contributed by atoms with Crippen molar-refractivity contribution in [2.75, 3.05) is 41.1 Å². The van der Waals surface area contributed by atoms with Crippen molar-refractivity contribution in [3.8, 4) is 11.5 Å². The van der Waals surface area contributed by atoms with Gasteiger partial charge >= 0.3 is 0 Å². The molecule has 0 saturated carbocycles. The van der Waals surface area contributed by atoms with Gasteiger partial charge in [-0.25, -0.2) is 0 Å². The number of fused-ring (bicyclic) bond motifs is 1. The maximum atomic E-state index is 6.06. The van der Waals surface area contributed by atoms with Gasteiger partial charge in [0.15, 0.2) is 18.3 Å². The highest BCUT2D eigenvalue weighted by atomic mass is 16.7. The van der Waals surface area contributed by atoms with Crippen LogP contribution in [0.25, 0.3) is 0 Å². The van der Waals surface area contributed by atoms with Crippen LogP contribution >= 0.6 is 0 Å². The molecule has 2 aromatic rings. The van der Waals surface area contributed by atoms with E-state index in [2.05, 4.69) is 54.4 Å². The summed E-state index contributed by atoms with van der Waals surface area (Å²) in [6.45, 7) is 1.73. The van der Waals surface area contributed by atoms with Crippen LogP contribution in [0.15, 0.2) is 42.5 Å². The predicted octanol–water partition coefficient (Wildman–Crippen LogP) is 2.63. The van der Waals surface area contributed by atoms with E-state index in [9.17, 15) is 0 Å². The second-order valence-electron chi connectivity index (χ2n) is 6.75. The summed E-state index contributed by atoms with van der Waals surface area (Å²) in [4.78, 5) is 2.36. The standard InChI is InChI=1S/C21H28N2O3/c1-23-13-19(15-7-5-4-6-8-15)18-11-21(26-14-24-2)20(25-3)10-16(18)9-17(23)12-22/h4-8,10-11,17,19H,9,12-14,22H2,1-3H3/t17-,19+/m0/s1. The van der Waals surface area contributed by atoms with E-state index < -0.39 is 0 Å². The molecule has 0 fully saturated rings. The highest BCUT2D eigenvalue weighted by Gasteiger charge is 2.29. The smallest absolute Gasteiger partial charge is 0.188 e. The monoisotopic (exact) mass is 356 g/mol. The summed E-state index contributed by atoms with van der Waals surface area (Å²) >= 11 is 0. The van der Waals surface area contributed by atoms with Gasteiger partial charge in [-0.1, -0.05) is 30.3 Å². The third-order valence-electron chi connectivity index (χ3n) is 5.16. The Labute approximate surface area is 155 Å². The lowest BCUT2D eigenvalue weighted by atomic mass is 9.87. The molecule has 2 aromatic carbocycles. The number of hydrogen-bond donors (Lipinski definition) is 1. The van der Waals surface area contributed by atoms with Gasteiger partial charge in [0.25, 0.3) is 0 Å². The lowest BCUT2D eigenvalue weighted by molar-refractivity contribution is 0.0491. The van der Waals surface area contributed by atoms with Gasteiger partial charge in [0.1, 0.15) is 0 Å². The molecule has 5 heteroatoms. The lowest BCUT2D eigenvalue weighted by Gasteiger charge is -2.27. The normalized spacial score (nSPS) is 20.3. The zero-order valence-electron chi connectivity index (χ0n) is 15.8. The van der Waals surface area contributed by atoms with Gasteiger partial charge in [0.2, 0.25) is 0 Å². The van der Waals surface area contributed by atoms with Crippen molar-refractivity contribution in [3.05, 3.63) is 59.2 Å². The van der Waals surface area contributed by atoms with Crippen LogP contribution in [0.1, 0.15) is 22.6 Å². The Hall–Kier alpha value is -2.08. The molecular formula is C21H28N2O3. The minimum atomic E-state index is 0.191. The first-order valence-corrected chi connectivity index (χ1v) is 8.95. The molecule has 0 unspecified atom stereocenters. The molecule has 1 aliphatic rings. The summed E-state index contributed by atoms with van der Waals surface area (Å²) in [5.74, 6) is 1.69.